The molecule has 0 atom stereocenters. The van der Waals surface area contributed by atoms with Gasteiger partial charge in [-0.15, -0.1) is 0 Å². The lowest BCUT2D eigenvalue weighted by atomic mass is 9.99. The molecule has 0 amide bonds. The normalized spacial score (nSPS) is 17.0. The molecule has 2 aliphatic rings. The summed E-state index contributed by atoms with van der Waals surface area (Å²) in [4.78, 5) is 14.1. The first-order chi connectivity index (χ1) is 14.1. The zero-order valence-electron chi connectivity index (χ0n) is 17.0. The molecule has 1 aliphatic carbocycles. The quantitative estimate of drug-likeness (QED) is 0.326. The van der Waals surface area contributed by atoms with E-state index >= 15 is 0 Å². The largest absolute Gasteiger partial charge is 0.372 e. The van der Waals surface area contributed by atoms with Crippen LogP contribution in [0.4, 0.5) is 11.4 Å². The maximum atomic E-state index is 10.9. The highest BCUT2D eigenvalue weighted by Gasteiger charge is 2.25. The molecule has 1 heterocycles. The van der Waals surface area contributed by atoms with E-state index in [1.807, 2.05) is 12.1 Å². The van der Waals surface area contributed by atoms with Crippen LogP contribution in [-0.2, 0) is 13.0 Å². The van der Waals surface area contributed by atoms with Gasteiger partial charge in [0, 0.05) is 48.4 Å². The van der Waals surface area contributed by atoms with E-state index in [1.54, 1.807) is 24.1 Å². The van der Waals surface area contributed by atoms with Gasteiger partial charge >= 0.3 is 0 Å². The van der Waals surface area contributed by atoms with Crippen LogP contribution in [0.3, 0.4) is 0 Å². The Labute approximate surface area is 177 Å². The van der Waals surface area contributed by atoms with Gasteiger partial charge < -0.3 is 4.90 Å². The molecule has 2 aromatic carbocycles. The lowest BCUT2D eigenvalue weighted by Crippen LogP contribution is -2.29. The van der Waals surface area contributed by atoms with Gasteiger partial charge in [-0.25, -0.2) is 4.31 Å². The van der Waals surface area contributed by atoms with Crippen molar-refractivity contribution in [2.24, 2.45) is 0 Å². The van der Waals surface area contributed by atoms with E-state index in [1.165, 1.54) is 55.3 Å². The first kappa shape index (κ1) is 20.2. The third-order valence-electron chi connectivity index (χ3n) is 6.08. The Kier molecular flexibility index (Phi) is 6.40. The summed E-state index contributed by atoms with van der Waals surface area (Å²) >= 11 is 1.74. The smallest absolute Gasteiger partial charge is 0.269 e. The predicted octanol–water partition coefficient (Wildman–Crippen LogP) is 5.82. The summed E-state index contributed by atoms with van der Waals surface area (Å²) in [5, 5.41) is 10.9. The standard InChI is InChI=1S/C23H29N3O2S/c1-2-24-15-5-6-19-16-18(9-14-23(19)24)17-25(20-7-3-4-8-20)29-22-12-10-21(11-13-22)26(27)28/h9-14,16,20H,2-8,15,17H2,1H3. The molecular weight excluding hydrogens is 382 g/mol. The number of hydrogen-bond donors (Lipinski definition) is 0. The summed E-state index contributed by atoms with van der Waals surface area (Å²) < 4.78 is 2.50. The molecule has 2 aromatic rings. The second kappa shape index (κ2) is 9.18. The molecule has 6 heteroatoms. The molecular formula is C23H29N3O2S. The van der Waals surface area contributed by atoms with Crippen molar-refractivity contribution in [1.82, 2.24) is 4.31 Å². The lowest BCUT2D eigenvalue weighted by Gasteiger charge is -2.32. The number of non-ortho nitro benzene ring substituents is 1. The monoisotopic (exact) mass is 411 g/mol. The fourth-order valence-corrected chi connectivity index (χ4v) is 5.63. The fourth-order valence-electron chi connectivity index (χ4n) is 4.53. The van der Waals surface area contributed by atoms with E-state index in [-0.39, 0.29) is 10.6 Å². The molecule has 0 N–H and O–H groups in total. The molecule has 0 unspecified atom stereocenters. The van der Waals surface area contributed by atoms with Gasteiger partial charge in [-0.3, -0.25) is 10.1 Å². The molecule has 0 saturated heterocycles. The first-order valence-corrected chi connectivity index (χ1v) is 11.5. The maximum absolute atomic E-state index is 10.9. The Balaban J connectivity index is 1.52. The summed E-state index contributed by atoms with van der Waals surface area (Å²) in [6.45, 7) is 5.36. The third-order valence-corrected chi connectivity index (χ3v) is 7.23. The van der Waals surface area contributed by atoms with E-state index < -0.39 is 0 Å². The first-order valence-electron chi connectivity index (χ1n) is 10.7. The van der Waals surface area contributed by atoms with Crippen molar-refractivity contribution in [3.63, 3.8) is 0 Å². The number of nitro benzene ring substituents is 1. The van der Waals surface area contributed by atoms with Crippen molar-refractivity contribution in [2.45, 2.75) is 62.9 Å². The van der Waals surface area contributed by atoms with Crippen molar-refractivity contribution in [3.8, 4) is 0 Å². The highest BCUT2D eigenvalue weighted by molar-refractivity contribution is 7.97. The molecule has 0 spiro atoms. The summed E-state index contributed by atoms with van der Waals surface area (Å²) in [7, 11) is 0. The third kappa shape index (κ3) is 4.75. The Morgan fingerprint density at radius 1 is 1.14 bits per heavy atom. The van der Waals surface area contributed by atoms with Crippen molar-refractivity contribution in [1.29, 1.82) is 0 Å². The van der Waals surface area contributed by atoms with Crippen LogP contribution >= 0.6 is 11.9 Å². The minimum atomic E-state index is -0.337. The summed E-state index contributed by atoms with van der Waals surface area (Å²) in [5.74, 6) is 0. The minimum Gasteiger partial charge on any atom is -0.372 e. The Morgan fingerprint density at radius 3 is 2.59 bits per heavy atom. The molecule has 1 aliphatic heterocycles. The number of nitro groups is 1. The number of fused-ring (bicyclic) bond motifs is 1. The van der Waals surface area contributed by atoms with Crippen LogP contribution in [0.15, 0.2) is 47.4 Å². The lowest BCUT2D eigenvalue weighted by molar-refractivity contribution is -0.384. The Hall–Kier alpha value is -2.05. The van der Waals surface area contributed by atoms with Gasteiger partial charge in [-0.1, -0.05) is 25.0 Å². The Morgan fingerprint density at radius 2 is 1.90 bits per heavy atom. The van der Waals surface area contributed by atoms with Gasteiger partial charge in [0.1, 0.15) is 0 Å². The molecule has 1 fully saturated rings. The second-order valence-corrected chi connectivity index (χ2v) is 9.13. The molecule has 0 radical (unpaired) electrons. The van der Waals surface area contributed by atoms with Crippen LogP contribution in [0.1, 0.15) is 50.2 Å². The second-order valence-electron chi connectivity index (χ2n) is 8.00. The Bertz CT molecular complexity index is 850. The van der Waals surface area contributed by atoms with E-state index in [0.717, 1.165) is 24.5 Å². The minimum absolute atomic E-state index is 0.150. The molecule has 0 aromatic heterocycles. The molecule has 0 bridgehead atoms. The van der Waals surface area contributed by atoms with Gasteiger partial charge in [-0.2, -0.15) is 0 Å². The van der Waals surface area contributed by atoms with Gasteiger partial charge in [0.25, 0.3) is 5.69 Å². The van der Waals surface area contributed by atoms with Crippen LogP contribution in [0.2, 0.25) is 0 Å². The highest BCUT2D eigenvalue weighted by atomic mass is 32.2. The van der Waals surface area contributed by atoms with Gasteiger partial charge in [0.2, 0.25) is 0 Å². The number of nitrogens with zero attached hydrogens (tertiary/aromatic N) is 3. The number of benzene rings is 2. The summed E-state index contributed by atoms with van der Waals surface area (Å²) in [5.41, 5.74) is 4.39. The zero-order chi connectivity index (χ0) is 20.2. The van der Waals surface area contributed by atoms with Gasteiger partial charge in [0.05, 0.1) is 4.92 Å². The van der Waals surface area contributed by atoms with Crippen molar-refractivity contribution < 1.29 is 4.92 Å². The molecule has 29 heavy (non-hydrogen) atoms. The van der Waals surface area contributed by atoms with Crippen LogP contribution in [-0.4, -0.2) is 28.4 Å². The van der Waals surface area contributed by atoms with E-state index in [9.17, 15) is 10.1 Å². The summed E-state index contributed by atoms with van der Waals surface area (Å²) in [6.07, 6.45) is 7.44. The molecule has 1 saturated carbocycles. The number of aryl methyl sites for hydroxylation is 1. The van der Waals surface area contributed by atoms with E-state index in [2.05, 4.69) is 34.3 Å². The van der Waals surface area contributed by atoms with Crippen molar-refractivity contribution in [2.75, 3.05) is 18.0 Å². The summed E-state index contributed by atoms with van der Waals surface area (Å²) in [6, 6.07) is 14.5. The van der Waals surface area contributed by atoms with Gasteiger partial charge in [-0.05, 0) is 73.9 Å². The highest BCUT2D eigenvalue weighted by Crippen LogP contribution is 2.36. The maximum Gasteiger partial charge on any atom is 0.269 e. The zero-order valence-corrected chi connectivity index (χ0v) is 17.9. The van der Waals surface area contributed by atoms with Crippen LogP contribution < -0.4 is 4.90 Å². The molecule has 154 valence electrons. The fraction of sp³-hybridized carbons (Fsp3) is 0.478. The van der Waals surface area contributed by atoms with Crippen molar-refractivity contribution >= 4 is 23.3 Å². The number of hydrogen-bond acceptors (Lipinski definition) is 5. The predicted molar refractivity (Wildman–Crippen MR) is 119 cm³/mol. The molecule has 5 nitrogen and oxygen atoms in total. The molecule has 4 rings (SSSR count). The van der Waals surface area contributed by atoms with Crippen LogP contribution in [0.5, 0.6) is 0 Å². The average Bonchev–Trinajstić information content (AvgIpc) is 3.28. The van der Waals surface area contributed by atoms with Gasteiger partial charge in [0.15, 0.2) is 0 Å². The van der Waals surface area contributed by atoms with E-state index in [4.69, 9.17) is 0 Å². The average molecular weight is 412 g/mol. The number of rotatable bonds is 7. The van der Waals surface area contributed by atoms with Crippen LogP contribution in [0.25, 0.3) is 0 Å². The van der Waals surface area contributed by atoms with Crippen molar-refractivity contribution in [3.05, 3.63) is 63.7 Å². The van der Waals surface area contributed by atoms with Crippen LogP contribution in [0, 0.1) is 10.1 Å². The topological polar surface area (TPSA) is 49.6 Å². The van der Waals surface area contributed by atoms with E-state index in [0.29, 0.717) is 6.04 Å². The SMILES string of the molecule is CCN1CCCc2cc(CN(Sc3ccc([N+](=O)[O-])cc3)C3CCCC3)ccc21. The number of anilines is 1.